The molecule has 0 spiro atoms. The lowest BCUT2D eigenvalue weighted by Crippen LogP contribution is -1.83. The first-order valence-corrected chi connectivity index (χ1v) is 6.82. The smallest absolute Gasteiger partial charge is 0.324 e. The minimum absolute atomic E-state index is 0.370. The van der Waals surface area contributed by atoms with Gasteiger partial charge in [-0.25, -0.2) is 0 Å². The van der Waals surface area contributed by atoms with Crippen molar-refractivity contribution in [2.75, 3.05) is 6.61 Å². The van der Waals surface area contributed by atoms with Crippen molar-refractivity contribution in [3.8, 4) is 0 Å². The molecule has 0 bridgehead atoms. The van der Waals surface area contributed by atoms with Gasteiger partial charge in [-0.15, -0.1) is 0 Å². The Labute approximate surface area is 94.0 Å². The summed E-state index contributed by atoms with van der Waals surface area (Å²) in [6.07, 6.45) is 10.4. The highest BCUT2D eigenvalue weighted by atomic mass is 31.2. The summed E-state index contributed by atoms with van der Waals surface area (Å²) < 4.78 is 0. The van der Waals surface area contributed by atoms with E-state index in [1.54, 1.807) is 0 Å². The number of rotatable bonds is 8. The van der Waals surface area contributed by atoms with E-state index in [0.29, 0.717) is 6.61 Å². The van der Waals surface area contributed by atoms with Crippen molar-refractivity contribution in [3.63, 3.8) is 0 Å². The fraction of sp³-hybridized carbons (Fsp3) is 1.00. The van der Waals surface area contributed by atoms with Crippen molar-refractivity contribution in [2.24, 2.45) is 0 Å². The van der Waals surface area contributed by atoms with E-state index in [0.717, 1.165) is 6.42 Å². The summed E-state index contributed by atoms with van der Waals surface area (Å²) >= 11 is 0. The van der Waals surface area contributed by atoms with Gasteiger partial charge in [0.15, 0.2) is 0 Å². The largest absolute Gasteiger partial charge is 0.396 e. The van der Waals surface area contributed by atoms with E-state index in [1.807, 2.05) is 0 Å². The molecule has 0 rings (SSSR count). The lowest BCUT2D eigenvalue weighted by molar-refractivity contribution is 0.282. The fourth-order valence-electron chi connectivity index (χ4n) is 1.25. The summed E-state index contributed by atoms with van der Waals surface area (Å²) in [6, 6.07) is 0. The number of aliphatic hydroxyl groups excluding tert-OH is 1. The Balaban J connectivity index is 0. The molecule has 94 valence electrons. The molecule has 0 saturated carbocycles. The van der Waals surface area contributed by atoms with Gasteiger partial charge in [0.05, 0.1) is 0 Å². The van der Waals surface area contributed by atoms with Gasteiger partial charge in [0.2, 0.25) is 0 Å². The molecule has 0 aromatic rings. The summed E-state index contributed by atoms with van der Waals surface area (Å²) in [6.45, 7) is 2.61. The molecule has 15 heavy (non-hydrogen) atoms. The molecule has 0 fully saturated rings. The Bertz CT molecular complexity index is 90.7. The monoisotopic (exact) mass is 240 g/mol. The lowest BCUT2D eigenvalue weighted by atomic mass is 10.1. The van der Waals surface area contributed by atoms with Gasteiger partial charge >= 0.3 is 8.60 Å². The van der Waals surface area contributed by atoms with E-state index >= 15 is 0 Å². The van der Waals surface area contributed by atoms with Crippen LogP contribution in [0.3, 0.4) is 0 Å². The van der Waals surface area contributed by atoms with Crippen LogP contribution < -0.4 is 0 Å². The summed E-state index contributed by atoms with van der Waals surface area (Å²) in [5, 5.41) is 8.51. The van der Waals surface area contributed by atoms with E-state index in [9.17, 15) is 0 Å². The standard InChI is InChI=1S/C10H22O.H3O3P/c1-2-3-4-5-6-7-8-9-10-11;1-4(2)3/h11H,2-10H2,1H3;1-3H. The van der Waals surface area contributed by atoms with Gasteiger partial charge in [-0.1, -0.05) is 51.9 Å². The number of aliphatic hydroxyl groups is 1. The topological polar surface area (TPSA) is 80.9 Å². The van der Waals surface area contributed by atoms with Gasteiger partial charge in [-0.2, -0.15) is 0 Å². The highest BCUT2D eigenvalue weighted by Crippen LogP contribution is 2.11. The van der Waals surface area contributed by atoms with Gasteiger partial charge in [-0.3, -0.25) is 0 Å². The maximum atomic E-state index is 8.51. The zero-order chi connectivity index (χ0) is 11.9. The normalized spacial score (nSPS) is 10.0. The van der Waals surface area contributed by atoms with Crippen LogP contribution in [-0.2, 0) is 0 Å². The van der Waals surface area contributed by atoms with Crippen molar-refractivity contribution in [2.45, 2.75) is 58.3 Å². The van der Waals surface area contributed by atoms with E-state index in [-0.39, 0.29) is 0 Å². The van der Waals surface area contributed by atoms with Crippen molar-refractivity contribution in [1.29, 1.82) is 0 Å². The van der Waals surface area contributed by atoms with Crippen LogP contribution in [-0.4, -0.2) is 26.4 Å². The minimum Gasteiger partial charge on any atom is -0.396 e. The predicted octanol–water partition coefficient (Wildman–Crippen LogP) is 2.31. The molecule has 0 atom stereocenters. The van der Waals surface area contributed by atoms with Gasteiger partial charge in [0.1, 0.15) is 0 Å². The molecule has 0 saturated heterocycles. The second kappa shape index (κ2) is 16.7. The third-order valence-electron chi connectivity index (χ3n) is 2.01. The second-order valence-electron chi connectivity index (χ2n) is 3.47. The maximum absolute atomic E-state index is 8.51. The molecule has 0 unspecified atom stereocenters. The summed E-state index contributed by atoms with van der Waals surface area (Å²) in [5.74, 6) is 0. The molecule has 0 amide bonds. The molecule has 0 aliphatic heterocycles. The summed E-state index contributed by atoms with van der Waals surface area (Å²) in [5.41, 5.74) is 0. The molecule has 0 aliphatic carbocycles. The molecule has 0 radical (unpaired) electrons. The Morgan fingerprint density at radius 2 is 1.07 bits per heavy atom. The van der Waals surface area contributed by atoms with Crippen molar-refractivity contribution < 1.29 is 19.8 Å². The van der Waals surface area contributed by atoms with E-state index < -0.39 is 8.60 Å². The third-order valence-corrected chi connectivity index (χ3v) is 2.01. The van der Waals surface area contributed by atoms with Crippen LogP contribution in [0.5, 0.6) is 0 Å². The first kappa shape index (κ1) is 17.7. The molecule has 4 N–H and O–H groups in total. The minimum atomic E-state index is -2.62. The molecule has 0 aromatic carbocycles. The fourth-order valence-corrected chi connectivity index (χ4v) is 1.25. The molecule has 0 heterocycles. The zero-order valence-corrected chi connectivity index (χ0v) is 10.5. The van der Waals surface area contributed by atoms with Gasteiger partial charge in [0, 0.05) is 6.61 Å². The van der Waals surface area contributed by atoms with Gasteiger partial charge in [-0.05, 0) is 6.42 Å². The van der Waals surface area contributed by atoms with Crippen molar-refractivity contribution >= 4 is 8.60 Å². The van der Waals surface area contributed by atoms with Crippen molar-refractivity contribution in [1.82, 2.24) is 0 Å². The Morgan fingerprint density at radius 3 is 1.40 bits per heavy atom. The first-order chi connectivity index (χ1) is 7.15. The number of unbranched alkanes of at least 4 members (excludes halogenated alkanes) is 7. The first-order valence-electron chi connectivity index (χ1n) is 5.62. The SMILES string of the molecule is CCCCCCCCCCO.OP(O)O. The second-order valence-corrected chi connectivity index (χ2v) is 4.00. The van der Waals surface area contributed by atoms with Crippen LogP contribution >= 0.6 is 8.60 Å². The quantitative estimate of drug-likeness (QED) is 0.387. The van der Waals surface area contributed by atoms with Gasteiger partial charge < -0.3 is 19.8 Å². The predicted molar refractivity (Wildman–Crippen MR) is 63.3 cm³/mol. The van der Waals surface area contributed by atoms with Crippen LogP contribution in [0.25, 0.3) is 0 Å². The van der Waals surface area contributed by atoms with Crippen LogP contribution in [0.4, 0.5) is 0 Å². The van der Waals surface area contributed by atoms with E-state index in [4.69, 9.17) is 19.8 Å². The molecule has 4 nitrogen and oxygen atoms in total. The average molecular weight is 240 g/mol. The van der Waals surface area contributed by atoms with Crippen LogP contribution in [0.2, 0.25) is 0 Å². The van der Waals surface area contributed by atoms with Crippen LogP contribution in [0.15, 0.2) is 0 Å². The Kier molecular flexibility index (Phi) is 19.6. The number of hydrogen-bond acceptors (Lipinski definition) is 4. The van der Waals surface area contributed by atoms with Crippen molar-refractivity contribution in [3.05, 3.63) is 0 Å². The lowest BCUT2D eigenvalue weighted by Gasteiger charge is -1.98. The highest BCUT2D eigenvalue weighted by Gasteiger charge is 1.89. The van der Waals surface area contributed by atoms with Crippen LogP contribution in [0.1, 0.15) is 58.3 Å². The van der Waals surface area contributed by atoms with Gasteiger partial charge in [0.25, 0.3) is 0 Å². The van der Waals surface area contributed by atoms with Crippen LogP contribution in [0, 0.1) is 0 Å². The molecule has 0 aromatic heterocycles. The van der Waals surface area contributed by atoms with E-state index in [1.165, 1.54) is 44.9 Å². The zero-order valence-electron chi connectivity index (χ0n) is 9.60. The molecule has 0 aliphatic rings. The summed E-state index contributed by atoms with van der Waals surface area (Å²) in [7, 11) is -2.62. The van der Waals surface area contributed by atoms with E-state index in [2.05, 4.69) is 6.92 Å². The average Bonchev–Trinajstić information content (AvgIpc) is 2.16. The molecular formula is C10H25O4P. The molecular weight excluding hydrogens is 215 g/mol. The maximum Gasteiger partial charge on any atom is 0.324 e. The summed E-state index contributed by atoms with van der Waals surface area (Å²) in [4.78, 5) is 21.7. The third kappa shape index (κ3) is 31.4. The Hall–Kier alpha value is 0.270. The number of hydrogen-bond donors (Lipinski definition) is 4. The highest BCUT2D eigenvalue weighted by molar-refractivity contribution is 7.38. The molecule has 5 heteroatoms. The Morgan fingerprint density at radius 1 is 0.733 bits per heavy atom.